The molecular formula is C20H24N2O3S. The first-order valence-corrected chi connectivity index (χ1v) is 9.77. The van der Waals surface area contributed by atoms with Gasteiger partial charge in [0.05, 0.1) is 5.92 Å². The molecule has 0 saturated carbocycles. The predicted molar refractivity (Wildman–Crippen MR) is 103 cm³/mol. The molecule has 0 bridgehead atoms. The Balaban J connectivity index is 1.53. The fraction of sp³-hybridized carbons (Fsp3) is 0.400. The largest absolute Gasteiger partial charge is 0.396 e. The molecule has 1 aromatic heterocycles. The maximum Gasteiger partial charge on any atom is 0.227 e. The minimum absolute atomic E-state index is 0.0149. The molecule has 6 heteroatoms. The zero-order valence-corrected chi connectivity index (χ0v) is 15.7. The molecule has 1 aliphatic heterocycles. The van der Waals surface area contributed by atoms with E-state index in [0.29, 0.717) is 13.1 Å². The topological polar surface area (TPSA) is 69.6 Å². The first kappa shape index (κ1) is 18.6. The van der Waals surface area contributed by atoms with Crippen LogP contribution in [0.1, 0.15) is 17.5 Å². The Hall–Kier alpha value is -2.18. The van der Waals surface area contributed by atoms with Gasteiger partial charge < -0.3 is 15.3 Å². The van der Waals surface area contributed by atoms with Crippen molar-refractivity contribution in [1.82, 2.24) is 5.32 Å². The predicted octanol–water partition coefficient (Wildman–Crippen LogP) is 2.38. The molecule has 0 unspecified atom stereocenters. The average molecular weight is 372 g/mol. The number of hydrogen-bond donors (Lipinski definition) is 2. The van der Waals surface area contributed by atoms with Gasteiger partial charge in [-0.15, -0.1) is 0 Å². The average Bonchev–Trinajstić information content (AvgIpc) is 3.28. The lowest BCUT2D eigenvalue weighted by Crippen LogP contribution is -2.37. The van der Waals surface area contributed by atoms with E-state index in [1.807, 2.05) is 42.6 Å². The third-order valence-electron chi connectivity index (χ3n) is 4.77. The number of carbonyl (C=O) groups excluding carboxylic acids is 2. The van der Waals surface area contributed by atoms with Gasteiger partial charge in [-0.05, 0) is 47.9 Å². The second-order valence-electron chi connectivity index (χ2n) is 6.87. The van der Waals surface area contributed by atoms with Gasteiger partial charge in [-0.1, -0.05) is 17.7 Å². The van der Waals surface area contributed by atoms with Crippen molar-refractivity contribution < 1.29 is 14.7 Å². The number of thiophene rings is 1. The zero-order chi connectivity index (χ0) is 18.5. The van der Waals surface area contributed by atoms with Crippen LogP contribution in [0, 0.1) is 18.8 Å². The van der Waals surface area contributed by atoms with Crippen molar-refractivity contribution in [2.75, 3.05) is 24.6 Å². The normalized spacial score (nSPS) is 18.2. The van der Waals surface area contributed by atoms with Gasteiger partial charge in [0.2, 0.25) is 11.8 Å². The third kappa shape index (κ3) is 4.51. The summed E-state index contributed by atoms with van der Waals surface area (Å²) in [6, 6.07) is 9.79. The summed E-state index contributed by atoms with van der Waals surface area (Å²) in [7, 11) is 0. The van der Waals surface area contributed by atoms with Crippen LogP contribution >= 0.6 is 11.3 Å². The van der Waals surface area contributed by atoms with Crippen LogP contribution in [0.2, 0.25) is 0 Å². The van der Waals surface area contributed by atoms with Crippen LogP contribution in [0.25, 0.3) is 0 Å². The summed E-state index contributed by atoms with van der Waals surface area (Å²) < 4.78 is 0. The van der Waals surface area contributed by atoms with Crippen molar-refractivity contribution in [2.45, 2.75) is 19.8 Å². The summed E-state index contributed by atoms with van der Waals surface area (Å²) in [6.07, 6.45) is 0.966. The number of aliphatic hydroxyl groups excluding tert-OH is 1. The number of aryl methyl sites for hydroxylation is 1. The fourth-order valence-electron chi connectivity index (χ4n) is 3.19. The lowest BCUT2D eigenvalue weighted by Gasteiger charge is -2.18. The van der Waals surface area contributed by atoms with Gasteiger partial charge in [0, 0.05) is 37.7 Å². The van der Waals surface area contributed by atoms with E-state index in [9.17, 15) is 14.7 Å². The van der Waals surface area contributed by atoms with Crippen molar-refractivity contribution in [1.29, 1.82) is 0 Å². The quantitative estimate of drug-likeness (QED) is 0.784. The molecule has 138 valence electrons. The maximum absolute atomic E-state index is 12.5. The lowest BCUT2D eigenvalue weighted by atomic mass is 10.0. The van der Waals surface area contributed by atoms with Crippen molar-refractivity contribution in [3.8, 4) is 0 Å². The molecule has 0 aliphatic carbocycles. The van der Waals surface area contributed by atoms with Crippen LogP contribution in [0.5, 0.6) is 0 Å². The first-order chi connectivity index (χ1) is 12.6. The number of rotatable bonds is 7. The standard InChI is InChI=1S/C20H24N2O3S/c1-14-2-4-18(5-3-14)22-11-17(9-19(22)24)20(25)21-10-16(12-23)8-15-6-7-26-13-15/h2-7,13,16-17,23H,8-12H2,1H3,(H,21,25)/t16-,17+/m0/s1. The summed E-state index contributed by atoms with van der Waals surface area (Å²) in [6.45, 7) is 2.84. The van der Waals surface area contributed by atoms with E-state index in [1.54, 1.807) is 16.2 Å². The fourth-order valence-corrected chi connectivity index (χ4v) is 3.87. The molecular weight excluding hydrogens is 348 g/mol. The number of nitrogens with zero attached hydrogens (tertiary/aromatic N) is 1. The van der Waals surface area contributed by atoms with Crippen LogP contribution in [0.15, 0.2) is 41.1 Å². The summed E-state index contributed by atoms with van der Waals surface area (Å²) in [5, 5.41) is 16.5. The third-order valence-corrected chi connectivity index (χ3v) is 5.50. The van der Waals surface area contributed by atoms with Gasteiger partial charge in [0.15, 0.2) is 0 Å². The second-order valence-corrected chi connectivity index (χ2v) is 7.65. The maximum atomic E-state index is 12.5. The van der Waals surface area contributed by atoms with Gasteiger partial charge >= 0.3 is 0 Å². The van der Waals surface area contributed by atoms with Crippen LogP contribution < -0.4 is 10.2 Å². The molecule has 1 fully saturated rings. The van der Waals surface area contributed by atoms with Crippen LogP contribution in [0.4, 0.5) is 5.69 Å². The number of nitrogens with one attached hydrogen (secondary N) is 1. The zero-order valence-electron chi connectivity index (χ0n) is 14.9. The summed E-state index contributed by atoms with van der Waals surface area (Å²) in [4.78, 5) is 26.4. The molecule has 2 atom stereocenters. The molecule has 1 aromatic carbocycles. The molecule has 5 nitrogen and oxygen atoms in total. The Morgan fingerprint density at radius 2 is 2.12 bits per heavy atom. The number of anilines is 1. The van der Waals surface area contributed by atoms with Gasteiger partial charge in [-0.25, -0.2) is 0 Å². The number of aliphatic hydroxyl groups is 1. The molecule has 2 heterocycles. The van der Waals surface area contributed by atoms with E-state index in [0.717, 1.165) is 17.7 Å². The minimum Gasteiger partial charge on any atom is -0.396 e. The summed E-state index contributed by atoms with van der Waals surface area (Å²) >= 11 is 1.62. The highest BCUT2D eigenvalue weighted by molar-refractivity contribution is 7.07. The minimum atomic E-state index is -0.343. The van der Waals surface area contributed by atoms with Crippen molar-refractivity contribution in [2.24, 2.45) is 11.8 Å². The molecule has 2 aromatic rings. The van der Waals surface area contributed by atoms with E-state index >= 15 is 0 Å². The Kier molecular flexibility index (Phi) is 6.06. The summed E-state index contributed by atoms with van der Waals surface area (Å²) in [5.74, 6) is -0.495. The van der Waals surface area contributed by atoms with E-state index in [1.165, 1.54) is 5.56 Å². The Morgan fingerprint density at radius 1 is 1.35 bits per heavy atom. The Morgan fingerprint density at radius 3 is 2.77 bits per heavy atom. The van der Waals surface area contributed by atoms with E-state index in [2.05, 4.69) is 10.7 Å². The molecule has 2 N–H and O–H groups in total. The van der Waals surface area contributed by atoms with Crippen molar-refractivity contribution >= 4 is 28.8 Å². The van der Waals surface area contributed by atoms with Crippen molar-refractivity contribution in [3.63, 3.8) is 0 Å². The number of amides is 2. The Bertz CT molecular complexity index is 743. The monoisotopic (exact) mass is 372 g/mol. The van der Waals surface area contributed by atoms with Gasteiger partial charge in [0.25, 0.3) is 0 Å². The lowest BCUT2D eigenvalue weighted by molar-refractivity contribution is -0.126. The highest BCUT2D eigenvalue weighted by atomic mass is 32.1. The number of carbonyl (C=O) groups is 2. The van der Waals surface area contributed by atoms with Crippen LogP contribution in [-0.2, 0) is 16.0 Å². The van der Waals surface area contributed by atoms with Crippen LogP contribution in [0.3, 0.4) is 0 Å². The molecule has 1 aliphatic rings. The van der Waals surface area contributed by atoms with E-state index < -0.39 is 0 Å². The van der Waals surface area contributed by atoms with Crippen molar-refractivity contribution in [3.05, 3.63) is 52.2 Å². The highest BCUT2D eigenvalue weighted by Crippen LogP contribution is 2.25. The molecule has 0 radical (unpaired) electrons. The number of benzene rings is 1. The SMILES string of the molecule is Cc1ccc(N2C[C@H](C(=O)NC[C@@H](CO)Cc3ccsc3)CC2=O)cc1. The van der Waals surface area contributed by atoms with E-state index in [4.69, 9.17) is 0 Å². The molecule has 3 rings (SSSR count). The van der Waals surface area contributed by atoms with E-state index in [-0.39, 0.29) is 36.7 Å². The molecule has 1 saturated heterocycles. The van der Waals surface area contributed by atoms with Gasteiger partial charge in [-0.2, -0.15) is 11.3 Å². The number of hydrogen-bond acceptors (Lipinski definition) is 4. The molecule has 2 amide bonds. The molecule has 26 heavy (non-hydrogen) atoms. The van der Waals surface area contributed by atoms with Gasteiger partial charge in [0.1, 0.15) is 0 Å². The molecule has 0 spiro atoms. The first-order valence-electron chi connectivity index (χ1n) is 8.83. The second kappa shape index (κ2) is 8.47. The smallest absolute Gasteiger partial charge is 0.227 e. The van der Waals surface area contributed by atoms with Crippen LogP contribution in [-0.4, -0.2) is 36.6 Å². The van der Waals surface area contributed by atoms with Gasteiger partial charge in [-0.3, -0.25) is 9.59 Å². The Labute approximate surface area is 157 Å². The highest BCUT2D eigenvalue weighted by Gasteiger charge is 2.35. The summed E-state index contributed by atoms with van der Waals surface area (Å²) in [5.41, 5.74) is 3.14.